The molecule has 17 heavy (non-hydrogen) atoms. The van der Waals surface area contributed by atoms with Gasteiger partial charge in [-0.3, -0.25) is 0 Å². The molecule has 1 aromatic heterocycles. The summed E-state index contributed by atoms with van der Waals surface area (Å²) in [6.07, 6.45) is 6.35. The molecule has 2 aliphatic rings. The van der Waals surface area contributed by atoms with Crippen LogP contribution in [-0.4, -0.2) is 34.6 Å². The second-order valence-corrected chi connectivity index (χ2v) is 6.14. The van der Waals surface area contributed by atoms with Gasteiger partial charge in [0, 0.05) is 12.5 Å². The number of fused-ring (bicyclic) bond motifs is 1. The molecule has 3 nitrogen and oxygen atoms in total. The molecular weight excluding hydrogens is 278 g/mol. The van der Waals surface area contributed by atoms with Crippen LogP contribution in [0.2, 0.25) is 0 Å². The number of likely N-dealkylation sites (tertiary alicyclic amines) is 1. The van der Waals surface area contributed by atoms with E-state index in [2.05, 4.69) is 32.4 Å². The monoisotopic (exact) mass is 297 g/mol. The fraction of sp³-hybridized carbons (Fsp3) is 0.769. The van der Waals surface area contributed by atoms with Crippen molar-refractivity contribution >= 4 is 15.9 Å². The first-order valence-corrected chi connectivity index (χ1v) is 7.48. The molecule has 0 spiro atoms. The van der Waals surface area contributed by atoms with Crippen molar-refractivity contribution < 1.29 is 0 Å². The quantitative estimate of drug-likeness (QED) is 0.795. The lowest BCUT2D eigenvalue weighted by Crippen LogP contribution is -2.30. The first-order valence-electron chi connectivity index (χ1n) is 6.69. The molecule has 1 fully saturated rings. The Bertz CT molecular complexity index is 405. The third kappa shape index (κ3) is 2.17. The van der Waals surface area contributed by atoms with Crippen molar-refractivity contribution in [1.29, 1.82) is 0 Å². The fourth-order valence-electron chi connectivity index (χ4n) is 3.10. The maximum Gasteiger partial charge on any atom is 0.127 e. The van der Waals surface area contributed by atoms with Crippen LogP contribution in [-0.2, 0) is 13.0 Å². The van der Waals surface area contributed by atoms with Crippen LogP contribution in [0.15, 0.2) is 4.60 Å². The first kappa shape index (κ1) is 11.7. The number of nitrogens with zero attached hydrogens (tertiary/aromatic N) is 3. The lowest BCUT2D eigenvalue weighted by Gasteiger charge is -2.29. The molecule has 3 rings (SSSR count). The Balaban J connectivity index is 1.87. The number of imidazole rings is 1. The summed E-state index contributed by atoms with van der Waals surface area (Å²) in [5.74, 6) is 2.02. The van der Waals surface area contributed by atoms with Crippen LogP contribution in [0.5, 0.6) is 0 Å². The van der Waals surface area contributed by atoms with Crippen LogP contribution in [0, 0.1) is 0 Å². The summed E-state index contributed by atoms with van der Waals surface area (Å²) in [4.78, 5) is 7.22. The molecule has 0 aliphatic carbocycles. The molecule has 0 bridgehead atoms. The second-order valence-electron chi connectivity index (χ2n) is 5.39. The molecule has 1 saturated heterocycles. The predicted molar refractivity (Wildman–Crippen MR) is 72.3 cm³/mol. The number of piperidine rings is 1. The summed E-state index contributed by atoms with van der Waals surface area (Å²) in [6.45, 7) is 3.60. The highest BCUT2D eigenvalue weighted by atomic mass is 79.9. The van der Waals surface area contributed by atoms with Gasteiger partial charge in [-0.1, -0.05) is 0 Å². The summed E-state index contributed by atoms with van der Waals surface area (Å²) in [5.41, 5.74) is 1.44. The van der Waals surface area contributed by atoms with Crippen molar-refractivity contribution in [2.24, 2.45) is 0 Å². The van der Waals surface area contributed by atoms with Gasteiger partial charge in [-0.05, 0) is 68.2 Å². The molecule has 0 amide bonds. The molecule has 0 radical (unpaired) electrons. The van der Waals surface area contributed by atoms with Crippen LogP contribution < -0.4 is 0 Å². The van der Waals surface area contributed by atoms with Crippen molar-refractivity contribution in [1.82, 2.24) is 14.5 Å². The second kappa shape index (κ2) is 4.73. The minimum atomic E-state index is 0.675. The Morgan fingerprint density at radius 3 is 2.71 bits per heavy atom. The highest BCUT2D eigenvalue weighted by Gasteiger charge is 2.26. The predicted octanol–water partition coefficient (Wildman–Crippen LogP) is 2.79. The zero-order valence-electron chi connectivity index (χ0n) is 10.5. The molecule has 4 heteroatoms. The van der Waals surface area contributed by atoms with Gasteiger partial charge in [-0.25, -0.2) is 4.98 Å². The van der Waals surface area contributed by atoms with E-state index in [0.29, 0.717) is 5.92 Å². The van der Waals surface area contributed by atoms with Crippen molar-refractivity contribution in [2.75, 3.05) is 20.1 Å². The molecule has 94 valence electrons. The first-order chi connectivity index (χ1) is 8.25. The van der Waals surface area contributed by atoms with E-state index in [1.807, 2.05) is 0 Å². The van der Waals surface area contributed by atoms with E-state index in [4.69, 9.17) is 4.98 Å². The summed E-state index contributed by atoms with van der Waals surface area (Å²) >= 11 is 3.64. The van der Waals surface area contributed by atoms with E-state index in [1.54, 1.807) is 0 Å². The Labute approximate surface area is 111 Å². The van der Waals surface area contributed by atoms with Gasteiger partial charge in [0.2, 0.25) is 0 Å². The number of rotatable bonds is 1. The minimum Gasteiger partial charge on any atom is -0.331 e. The molecule has 0 saturated carbocycles. The molecule has 1 aromatic rings. The normalized spacial score (nSPS) is 22.7. The van der Waals surface area contributed by atoms with E-state index in [9.17, 15) is 0 Å². The smallest absolute Gasteiger partial charge is 0.127 e. The summed E-state index contributed by atoms with van der Waals surface area (Å²) in [7, 11) is 2.22. The van der Waals surface area contributed by atoms with Crippen LogP contribution in [0.3, 0.4) is 0 Å². The van der Waals surface area contributed by atoms with Crippen LogP contribution in [0.25, 0.3) is 0 Å². The van der Waals surface area contributed by atoms with E-state index in [-0.39, 0.29) is 0 Å². The van der Waals surface area contributed by atoms with Crippen LogP contribution in [0.1, 0.15) is 43.1 Å². The lowest BCUT2D eigenvalue weighted by atomic mass is 9.96. The largest absolute Gasteiger partial charge is 0.331 e. The Morgan fingerprint density at radius 2 is 1.94 bits per heavy atom. The van der Waals surface area contributed by atoms with Crippen molar-refractivity contribution in [3.05, 3.63) is 16.1 Å². The van der Waals surface area contributed by atoms with Crippen molar-refractivity contribution in [3.8, 4) is 0 Å². The van der Waals surface area contributed by atoms with Crippen molar-refractivity contribution in [3.63, 3.8) is 0 Å². The van der Waals surface area contributed by atoms with Gasteiger partial charge in [0.25, 0.3) is 0 Å². The van der Waals surface area contributed by atoms with Gasteiger partial charge in [0.1, 0.15) is 10.4 Å². The zero-order valence-corrected chi connectivity index (χ0v) is 12.0. The third-order valence-corrected chi connectivity index (χ3v) is 4.82. The summed E-state index contributed by atoms with van der Waals surface area (Å²) in [5, 5.41) is 0. The van der Waals surface area contributed by atoms with Gasteiger partial charge >= 0.3 is 0 Å². The molecule has 0 unspecified atom stereocenters. The lowest BCUT2D eigenvalue weighted by molar-refractivity contribution is 0.247. The van der Waals surface area contributed by atoms with E-state index in [1.165, 1.54) is 63.3 Å². The minimum absolute atomic E-state index is 0.675. The molecule has 2 aliphatic heterocycles. The number of hydrogen-bond acceptors (Lipinski definition) is 2. The van der Waals surface area contributed by atoms with E-state index >= 15 is 0 Å². The average Bonchev–Trinajstić information content (AvgIpc) is 2.69. The molecular formula is C13H20BrN3. The molecule has 0 aromatic carbocycles. The van der Waals surface area contributed by atoms with Crippen LogP contribution in [0.4, 0.5) is 0 Å². The maximum atomic E-state index is 4.80. The Hall–Kier alpha value is -0.350. The Kier molecular flexibility index (Phi) is 3.26. The summed E-state index contributed by atoms with van der Waals surface area (Å²) < 4.78 is 3.59. The van der Waals surface area contributed by atoms with Gasteiger partial charge in [0.15, 0.2) is 0 Å². The van der Waals surface area contributed by atoms with Gasteiger partial charge < -0.3 is 9.47 Å². The zero-order chi connectivity index (χ0) is 11.8. The third-order valence-electron chi connectivity index (χ3n) is 4.18. The molecule has 0 atom stereocenters. The SMILES string of the molecule is CN1CCC(c2nc(Br)c3n2CCCC3)CC1. The highest BCUT2D eigenvalue weighted by molar-refractivity contribution is 9.10. The Morgan fingerprint density at radius 1 is 1.18 bits per heavy atom. The van der Waals surface area contributed by atoms with Gasteiger partial charge in [-0.2, -0.15) is 0 Å². The topological polar surface area (TPSA) is 21.1 Å². The van der Waals surface area contributed by atoms with E-state index in [0.717, 1.165) is 4.60 Å². The van der Waals surface area contributed by atoms with E-state index < -0.39 is 0 Å². The van der Waals surface area contributed by atoms with Gasteiger partial charge in [-0.15, -0.1) is 0 Å². The molecule has 3 heterocycles. The fourth-order valence-corrected chi connectivity index (χ4v) is 3.70. The van der Waals surface area contributed by atoms with Gasteiger partial charge in [0.05, 0.1) is 5.69 Å². The van der Waals surface area contributed by atoms with Crippen molar-refractivity contribution in [2.45, 2.75) is 44.6 Å². The summed E-state index contributed by atoms with van der Waals surface area (Å²) in [6, 6.07) is 0. The number of aromatic nitrogens is 2. The maximum absolute atomic E-state index is 4.80. The number of halogens is 1. The molecule has 0 N–H and O–H groups in total. The standard InChI is InChI=1S/C13H20BrN3/c1-16-8-5-10(6-9-16)13-15-12(14)11-4-2-3-7-17(11)13/h10H,2-9H2,1H3. The number of hydrogen-bond donors (Lipinski definition) is 0. The van der Waals surface area contributed by atoms with Crippen LogP contribution >= 0.6 is 15.9 Å². The highest BCUT2D eigenvalue weighted by Crippen LogP contribution is 2.32. The average molecular weight is 298 g/mol.